The highest BCUT2D eigenvalue weighted by molar-refractivity contribution is 5.79. The van der Waals surface area contributed by atoms with Gasteiger partial charge < -0.3 is 11.5 Å². The minimum Gasteiger partial charge on any atom is -0.368 e. The van der Waals surface area contributed by atoms with Crippen LogP contribution < -0.4 is 11.5 Å². The van der Waals surface area contributed by atoms with Crippen molar-refractivity contribution >= 4 is 5.91 Å². The second-order valence-electron chi connectivity index (χ2n) is 4.77. The molecule has 0 bridgehead atoms. The predicted octanol–water partition coefficient (Wildman–Crippen LogP) is 0.557. The average Bonchev–Trinajstić information content (AvgIpc) is 2.29. The minimum atomic E-state index is -0.191. The lowest BCUT2D eigenvalue weighted by Crippen LogP contribution is -2.51. The van der Waals surface area contributed by atoms with E-state index in [-0.39, 0.29) is 11.9 Å². The van der Waals surface area contributed by atoms with Crippen LogP contribution in [0.1, 0.15) is 33.1 Å². The summed E-state index contributed by atoms with van der Waals surface area (Å²) < 4.78 is 0. The van der Waals surface area contributed by atoms with Gasteiger partial charge in [-0.05, 0) is 37.8 Å². The molecule has 16 heavy (non-hydrogen) atoms. The van der Waals surface area contributed by atoms with E-state index < -0.39 is 0 Å². The van der Waals surface area contributed by atoms with Crippen molar-refractivity contribution in [2.24, 2.45) is 23.3 Å². The zero-order valence-corrected chi connectivity index (χ0v) is 10.5. The molecule has 4 nitrogen and oxygen atoms in total. The minimum absolute atomic E-state index is 0.0900. The first kappa shape index (κ1) is 13.5. The van der Waals surface area contributed by atoms with Gasteiger partial charge in [0.1, 0.15) is 0 Å². The summed E-state index contributed by atoms with van der Waals surface area (Å²) in [6.07, 6.45) is 3.03. The van der Waals surface area contributed by atoms with Crippen LogP contribution in [0.2, 0.25) is 0 Å². The largest absolute Gasteiger partial charge is 0.368 e. The molecule has 94 valence electrons. The highest BCUT2D eigenvalue weighted by Gasteiger charge is 2.31. The number of amides is 1. The van der Waals surface area contributed by atoms with E-state index in [2.05, 4.69) is 11.8 Å². The van der Waals surface area contributed by atoms with E-state index in [1.165, 1.54) is 0 Å². The van der Waals surface area contributed by atoms with Gasteiger partial charge in [-0.3, -0.25) is 9.69 Å². The van der Waals surface area contributed by atoms with Crippen molar-refractivity contribution in [2.45, 2.75) is 39.2 Å². The Morgan fingerprint density at radius 1 is 1.44 bits per heavy atom. The number of primary amides is 1. The molecule has 1 amide bonds. The van der Waals surface area contributed by atoms with Crippen LogP contribution in [0.5, 0.6) is 0 Å². The molecule has 0 aromatic rings. The van der Waals surface area contributed by atoms with Gasteiger partial charge in [0.25, 0.3) is 0 Å². The Morgan fingerprint density at radius 2 is 2.12 bits per heavy atom. The van der Waals surface area contributed by atoms with Crippen molar-refractivity contribution in [3.05, 3.63) is 0 Å². The fraction of sp³-hybridized carbons (Fsp3) is 0.917. The maximum Gasteiger partial charge on any atom is 0.234 e. The van der Waals surface area contributed by atoms with Crippen molar-refractivity contribution in [1.29, 1.82) is 0 Å². The van der Waals surface area contributed by atoms with Gasteiger partial charge in [0.05, 0.1) is 6.04 Å². The lowest BCUT2D eigenvalue weighted by atomic mass is 9.83. The number of nitrogens with two attached hydrogens (primary N) is 2. The number of likely N-dealkylation sites (tertiary alicyclic amines) is 1. The van der Waals surface area contributed by atoms with Crippen molar-refractivity contribution in [3.63, 3.8) is 0 Å². The number of carbonyl (C=O) groups excluding carboxylic acids is 1. The third-order valence-corrected chi connectivity index (χ3v) is 3.91. The van der Waals surface area contributed by atoms with E-state index in [9.17, 15) is 4.79 Å². The monoisotopic (exact) mass is 227 g/mol. The molecule has 1 saturated heterocycles. The topological polar surface area (TPSA) is 72.3 Å². The Kier molecular flexibility index (Phi) is 5.22. The van der Waals surface area contributed by atoms with Gasteiger partial charge in [0, 0.05) is 6.54 Å². The smallest absolute Gasteiger partial charge is 0.234 e. The molecule has 4 heteroatoms. The average molecular weight is 227 g/mol. The summed E-state index contributed by atoms with van der Waals surface area (Å²) >= 11 is 0. The Balaban J connectivity index is 2.62. The Hall–Kier alpha value is -0.610. The molecule has 3 unspecified atom stereocenters. The van der Waals surface area contributed by atoms with E-state index in [0.29, 0.717) is 11.8 Å². The van der Waals surface area contributed by atoms with Gasteiger partial charge in [-0.15, -0.1) is 0 Å². The standard InChI is InChI=1S/C12H25N3O/c1-3-9-8-15(6-5-10(9)7-13)11(4-2)12(14)16/h9-11H,3-8,13H2,1-2H3,(H2,14,16). The number of carbonyl (C=O) groups is 1. The molecule has 0 radical (unpaired) electrons. The molecule has 1 aliphatic rings. The van der Waals surface area contributed by atoms with Gasteiger partial charge in [-0.25, -0.2) is 0 Å². The summed E-state index contributed by atoms with van der Waals surface area (Å²) in [6.45, 7) is 6.91. The summed E-state index contributed by atoms with van der Waals surface area (Å²) in [7, 11) is 0. The summed E-state index contributed by atoms with van der Waals surface area (Å²) in [4.78, 5) is 13.6. The first-order chi connectivity index (χ1) is 7.63. The van der Waals surface area contributed by atoms with Crippen LogP contribution in [0.3, 0.4) is 0 Å². The number of nitrogens with zero attached hydrogens (tertiary/aromatic N) is 1. The Labute approximate surface area is 98.3 Å². The van der Waals surface area contributed by atoms with Crippen LogP contribution in [-0.2, 0) is 4.79 Å². The molecular weight excluding hydrogens is 202 g/mol. The second kappa shape index (κ2) is 6.21. The second-order valence-corrected chi connectivity index (χ2v) is 4.77. The SMILES string of the molecule is CCC1CN(C(CC)C(N)=O)CCC1CN. The normalized spacial score (nSPS) is 28.9. The molecule has 0 aromatic carbocycles. The van der Waals surface area contributed by atoms with E-state index in [1.807, 2.05) is 6.92 Å². The lowest BCUT2D eigenvalue weighted by molar-refractivity contribution is -0.124. The van der Waals surface area contributed by atoms with E-state index in [0.717, 1.165) is 38.9 Å². The highest BCUT2D eigenvalue weighted by atomic mass is 16.1. The maximum absolute atomic E-state index is 11.3. The molecule has 1 aliphatic heterocycles. The highest BCUT2D eigenvalue weighted by Crippen LogP contribution is 2.27. The predicted molar refractivity (Wildman–Crippen MR) is 65.8 cm³/mol. The fourth-order valence-corrected chi connectivity index (χ4v) is 2.80. The van der Waals surface area contributed by atoms with E-state index in [4.69, 9.17) is 11.5 Å². The maximum atomic E-state index is 11.3. The van der Waals surface area contributed by atoms with Crippen LogP contribution in [0.4, 0.5) is 0 Å². The number of hydrogen-bond acceptors (Lipinski definition) is 3. The van der Waals surface area contributed by atoms with Gasteiger partial charge in [-0.1, -0.05) is 20.3 Å². The van der Waals surface area contributed by atoms with Gasteiger partial charge >= 0.3 is 0 Å². The third kappa shape index (κ3) is 2.95. The molecule has 0 spiro atoms. The van der Waals surface area contributed by atoms with E-state index >= 15 is 0 Å². The first-order valence-electron chi connectivity index (χ1n) is 6.37. The molecule has 1 heterocycles. The van der Waals surface area contributed by atoms with Crippen molar-refractivity contribution in [3.8, 4) is 0 Å². The van der Waals surface area contributed by atoms with Crippen LogP contribution >= 0.6 is 0 Å². The number of hydrogen-bond donors (Lipinski definition) is 2. The van der Waals surface area contributed by atoms with Crippen molar-refractivity contribution < 1.29 is 4.79 Å². The molecule has 0 saturated carbocycles. The molecule has 1 rings (SSSR count). The summed E-state index contributed by atoms with van der Waals surface area (Å²) in [6, 6.07) is -0.0900. The van der Waals surface area contributed by atoms with Crippen molar-refractivity contribution in [2.75, 3.05) is 19.6 Å². The first-order valence-corrected chi connectivity index (χ1v) is 6.37. The molecule has 0 aliphatic carbocycles. The lowest BCUT2D eigenvalue weighted by Gasteiger charge is -2.40. The quantitative estimate of drug-likeness (QED) is 0.720. The number of piperidine rings is 1. The zero-order valence-electron chi connectivity index (χ0n) is 10.5. The summed E-state index contributed by atoms with van der Waals surface area (Å²) in [5.41, 5.74) is 11.2. The molecular formula is C12H25N3O. The molecule has 1 fully saturated rings. The zero-order chi connectivity index (χ0) is 12.1. The fourth-order valence-electron chi connectivity index (χ4n) is 2.80. The van der Waals surface area contributed by atoms with Crippen LogP contribution in [-0.4, -0.2) is 36.5 Å². The molecule has 4 N–H and O–H groups in total. The van der Waals surface area contributed by atoms with Gasteiger partial charge in [0.2, 0.25) is 5.91 Å². The third-order valence-electron chi connectivity index (χ3n) is 3.91. The van der Waals surface area contributed by atoms with Gasteiger partial charge in [0.15, 0.2) is 0 Å². The van der Waals surface area contributed by atoms with Crippen molar-refractivity contribution in [1.82, 2.24) is 4.90 Å². The van der Waals surface area contributed by atoms with Crippen LogP contribution in [0.15, 0.2) is 0 Å². The summed E-state index contributed by atoms with van der Waals surface area (Å²) in [5.74, 6) is 1.04. The Morgan fingerprint density at radius 3 is 2.56 bits per heavy atom. The van der Waals surface area contributed by atoms with Gasteiger partial charge in [-0.2, -0.15) is 0 Å². The van der Waals surface area contributed by atoms with Crippen LogP contribution in [0, 0.1) is 11.8 Å². The molecule has 0 aromatic heterocycles. The Bertz CT molecular complexity index is 232. The van der Waals surface area contributed by atoms with E-state index in [1.54, 1.807) is 0 Å². The summed E-state index contributed by atoms with van der Waals surface area (Å²) in [5, 5.41) is 0. The molecule has 3 atom stereocenters. The van der Waals surface area contributed by atoms with Crippen LogP contribution in [0.25, 0.3) is 0 Å². The number of rotatable bonds is 5.